The van der Waals surface area contributed by atoms with Crippen molar-refractivity contribution in [3.63, 3.8) is 0 Å². The minimum Gasteiger partial charge on any atom is -0.223 e. The molecule has 110 valence electrons. The summed E-state index contributed by atoms with van der Waals surface area (Å²) in [6.45, 7) is 3.82. The molecule has 1 aromatic carbocycles. The number of nitrogens with zero attached hydrogens (tertiary/aromatic N) is 3. The van der Waals surface area contributed by atoms with Gasteiger partial charge in [-0.3, -0.25) is 0 Å². The second kappa shape index (κ2) is 6.25. The van der Waals surface area contributed by atoms with E-state index in [-0.39, 0.29) is 9.47 Å². The Labute approximate surface area is 127 Å². The maximum atomic E-state index is 11.1. The maximum absolute atomic E-state index is 11.1. The number of hydrogen-bond acceptors (Lipinski definition) is 6. The van der Waals surface area contributed by atoms with Crippen molar-refractivity contribution >= 4 is 38.3 Å². The SMILES string of the molecule is CC(/C=C/c1ccc(C)cc1)=N\c1nnc(S(N)(=O)=O)s1. The van der Waals surface area contributed by atoms with Crippen molar-refractivity contribution in [2.75, 3.05) is 0 Å². The van der Waals surface area contributed by atoms with E-state index in [1.54, 1.807) is 6.92 Å². The Bertz CT molecular complexity index is 790. The van der Waals surface area contributed by atoms with E-state index in [0.29, 0.717) is 5.71 Å². The average Bonchev–Trinajstić information content (AvgIpc) is 2.86. The Hall–Kier alpha value is -1.90. The van der Waals surface area contributed by atoms with E-state index in [1.165, 1.54) is 5.56 Å². The van der Waals surface area contributed by atoms with Crippen molar-refractivity contribution in [1.82, 2.24) is 10.2 Å². The number of hydrogen-bond donors (Lipinski definition) is 1. The van der Waals surface area contributed by atoms with Crippen LogP contribution in [-0.4, -0.2) is 24.3 Å². The lowest BCUT2D eigenvalue weighted by Crippen LogP contribution is -2.11. The van der Waals surface area contributed by atoms with Gasteiger partial charge in [-0.1, -0.05) is 47.2 Å². The van der Waals surface area contributed by atoms with Crippen LogP contribution >= 0.6 is 11.3 Å². The van der Waals surface area contributed by atoms with Crippen molar-refractivity contribution < 1.29 is 8.42 Å². The van der Waals surface area contributed by atoms with E-state index in [0.717, 1.165) is 16.9 Å². The van der Waals surface area contributed by atoms with Gasteiger partial charge in [0.15, 0.2) is 0 Å². The lowest BCUT2D eigenvalue weighted by molar-refractivity contribution is 0.596. The monoisotopic (exact) mass is 322 g/mol. The van der Waals surface area contributed by atoms with Crippen molar-refractivity contribution in [3.8, 4) is 0 Å². The molecule has 0 aliphatic carbocycles. The topological polar surface area (TPSA) is 98.3 Å². The van der Waals surface area contributed by atoms with Crippen LogP contribution in [0.4, 0.5) is 5.13 Å². The van der Waals surface area contributed by atoms with Gasteiger partial charge in [0.2, 0.25) is 9.47 Å². The molecule has 6 nitrogen and oxygen atoms in total. The van der Waals surface area contributed by atoms with E-state index in [9.17, 15) is 8.42 Å². The zero-order valence-corrected chi connectivity index (χ0v) is 13.1. The van der Waals surface area contributed by atoms with Crippen LogP contribution in [0.3, 0.4) is 0 Å². The number of nitrogens with two attached hydrogens (primary N) is 1. The number of aryl methyl sites for hydroxylation is 1. The van der Waals surface area contributed by atoms with Crippen LogP contribution in [0.15, 0.2) is 39.7 Å². The molecule has 2 rings (SSSR count). The number of benzene rings is 1. The second-order valence-corrected chi connectivity index (χ2v) is 7.08. The summed E-state index contributed by atoms with van der Waals surface area (Å²) in [7, 11) is -3.82. The number of primary sulfonamides is 1. The predicted molar refractivity (Wildman–Crippen MR) is 84.3 cm³/mol. The van der Waals surface area contributed by atoms with E-state index in [1.807, 2.05) is 43.3 Å². The summed E-state index contributed by atoms with van der Waals surface area (Å²) in [5, 5.41) is 12.4. The van der Waals surface area contributed by atoms with Gasteiger partial charge in [0.05, 0.1) is 0 Å². The molecule has 0 unspecified atom stereocenters. The van der Waals surface area contributed by atoms with Crippen molar-refractivity contribution in [1.29, 1.82) is 0 Å². The van der Waals surface area contributed by atoms with Crippen molar-refractivity contribution in [2.24, 2.45) is 10.1 Å². The molecule has 0 radical (unpaired) electrons. The fraction of sp³-hybridized carbons (Fsp3) is 0.154. The Morgan fingerprint density at radius 3 is 2.52 bits per heavy atom. The first-order valence-electron chi connectivity index (χ1n) is 6.01. The van der Waals surface area contributed by atoms with Crippen LogP contribution in [-0.2, 0) is 10.0 Å². The molecule has 21 heavy (non-hydrogen) atoms. The lowest BCUT2D eigenvalue weighted by atomic mass is 10.1. The zero-order valence-electron chi connectivity index (χ0n) is 11.5. The first kappa shape index (κ1) is 15.5. The van der Waals surface area contributed by atoms with Crippen LogP contribution in [0.5, 0.6) is 0 Å². The molecule has 0 aliphatic rings. The normalized spacial score (nSPS) is 13.0. The van der Waals surface area contributed by atoms with E-state index < -0.39 is 10.0 Å². The highest BCUT2D eigenvalue weighted by Crippen LogP contribution is 2.21. The molecule has 2 aromatic rings. The maximum Gasteiger partial charge on any atom is 0.267 e. The van der Waals surface area contributed by atoms with Crippen LogP contribution in [0, 0.1) is 6.92 Å². The predicted octanol–water partition coefficient (Wildman–Crippen LogP) is 2.30. The largest absolute Gasteiger partial charge is 0.267 e. The van der Waals surface area contributed by atoms with Crippen LogP contribution in [0.2, 0.25) is 0 Å². The Morgan fingerprint density at radius 1 is 1.29 bits per heavy atom. The molecule has 0 saturated heterocycles. The molecule has 0 saturated carbocycles. The summed E-state index contributed by atoms with van der Waals surface area (Å²) in [5.41, 5.74) is 2.94. The Balaban J connectivity index is 2.14. The molecule has 0 spiro atoms. The number of aliphatic imine (C=N–C) groups is 1. The number of sulfonamides is 1. The van der Waals surface area contributed by atoms with Crippen molar-refractivity contribution in [2.45, 2.75) is 18.2 Å². The van der Waals surface area contributed by atoms with Gasteiger partial charge in [-0.15, -0.1) is 10.2 Å². The fourth-order valence-corrected chi connectivity index (χ4v) is 2.80. The first-order valence-corrected chi connectivity index (χ1v) is 8.37. The third kappa shape index (κ3) is 4.55. The highest BCUT2D eigenvalue weighted by molar-refractivity contribution is 7.91. The zero-order chi connectivity index (χ0) is 15.5. The Morgan fingerprint density at radius 2 is 1.95 bits per heavy atom. The van der Waals surface area contributed by atoms with Gasteiger partial charge < -0.3 is 0 Å². The molecule has 1 aromatic heterocycles. The van der Waals surface area contributed by atoms with Gasteiger partial charge in [0, 0.05) is 5.71 Å². The van der Waals surface area contributed by atoms with Gasteiger partial charge in [-0.2, -0.15) is 0 Å². The smallest absolute Gasteiger partial charge is 0.223 e. The average molecular weight is 322 g/mol. The molecule has 0 aliphatic heterocycles. The summed E-state index contributed by atoms with van der Waals surface area (Å²) >= 11 is 0.835. The quantitative estimate of drug-likeness (QED) is 0.873. The summed E-state index contributed by atoms with van der Waals surface area (Å²) in [6.07, 6.45) is 3.74. The molecule has 0 fully saturated rings. The Kier molecular flexibility index (Phi) is 4.61. The van der Waals surface area contributed by atoms with Crippen molar-refractivity contribution in [3.05, 3.63) is 41.5 Å². The minimum absolute atomic E-state index is 0.239. The van der Waals surface area contributed by atoms with Gasteiger partial charge in [-0.25, -0.2) is 18.5 Å². The molecule has 8 heteroatoms. The first-order chi connectivity index (χ1) is 9.84. The molecule has 2 N–H and O–H groups in total. The minimum atomic E-state index is -3.82. The van der Waals surface area contributed by atoms with E-state index in [2.05, 4.69) is 15.2 Å². The third-order valence-corrected chi connectivity index (χ3v) is 4.63. The van der Waals surface area contributed by atoms with E-state index >= 15 is 0 Å². The van der Waals surface area contributed by atoms with Crippen LogP contribution in [0.1, 0.15) is 18.1 Å². The molecule has 1 heterocycles. The number of rotatable bonds is 4. The standard InChI is InChI=1S/C13H14N4O2S2/c1-9-3-6-11(7-4-9)8-5-10(2)15-12-16-17-13(20-12)21(14,18)19/h3-8H,1-2H3,(H2,14,18,19)/b8-5+,15-10+. The second-order valence-electron chi connectivity index (χ2n) is 4.39. The highest BCUT2D eigenvalue weighted by Gasteiger charge is 2.14. The van der Waals surface area contributed by atoms with Gasteiger partial charge in [-0.05, 0) is 25.5 Å². The van der Waals surface area contributed by atoms with Crippen LogP contribution < -0.4 is 5.14 Å². The molecular formula is C13H14N4O2S2. The fourth-order valence-electron chi connectivity index (χ4n) is 1.45. The van der Waals surface area contributed by atoms with Gasteiger partial charge in [0.1, 0.15) is 0 Å². The van der Waals surface area contributed by atoms with Gasteiger partial charge in [0.25, 0.3) is 10.0 Å². The third-order valence-electron chi connectivity index (χ3n) is 2.51. The summed E-state index contributed by atoms with van der Waals surface area (Å²) in [6, 6.07) is 8.05. The lowest BCUT2D eigenvalue weighted by Gasteiger charge is -1.94. The van der Waals surface area contributed by atoms with Gasteiger partial charge >= 0.3 is 0 Å². The molecule has 0 amide bonds. The number of aromatic nitrogens is 2. The highest BCUT2D eigenvalue weighted by atomic mass is 32.2. The van der Waals surface area contributed by atoms with Crippen LogP contribution in [0.25, 0.3) is 6.08 Å². The molecule has 0 atom stereocenters. The summed E-state index contributed by atoms with van der Waals surface area (Å²) in [4.78, 5) is 4.18. The summed E-state index contributed by atoms with van der Waals surface area (Å²) in [5.74, 6) is 0. The van der Waals surface area contributed by atoms with E-state index in [4.69, 9.17) is 5.14 Å². The summed E-state index contributed by atoms with van der Waals surface area (Å²) < 4.78 is 21.9. The number of allylic oxidation sites excluding steroid dienone is 1. The molecule has 0 bridgehead atoms. The molecular weight excluding hydrogens is 308 g/mol.